The van der Waals surface area contributed by atoms with Crippen molar-refractivity contribution in [1.82, 2.24) is 24.8 Å². The molecular formula is C25H30N7O9P. The summed E-state index contributed by atoms with van der Waals surface area (Å²) in [6.45, 7) is 2.60. The van der Waals surface area contributed by atoms with Crippen LogP contribution in [0.3, 0.4) is 0 Å². The number of imidazole rings is 1. The summed E-state index contributed by atoms with van der Waals surface area (Å²) >= 11 is 0. The molecule has 0 aliphatic carbocycles. The molecule has 1 saturated heterocycles. The molecule has 42 heavy (non-hydrogen) atoms. The number of rotatable bonds is 12. The van der Waals surface area contributed by atoms with Gasteiger partial charge in [-0.15, -0.1) is 0 Å². The second kappa shape index (κ2) is 14.3. The second-order valence-electron chi connectivity index (χ2n) is 9.41. The van der Waals surface area contributed by atoms with Gasteiger partial charge in [-0.2, -0.15) is 10.2 Å². The Hall–Kier alpha value is -3.97. The van der Waals surface area contributed by atoms with Crippen LogP contribution >= 0.6 is 8.60 Å². The third-order valence-electron chi connectivity index (χ3n) is 6.12. The number of fused-ring (bicyclic) bond motifs is 1. The molecule has 0 saturated carbocycles. The molecule has 3 heterocycles. The molecule has 4 rings (SSSR count). The Balaban J connectivity index is 1.65. The van der Waals surface area contributed by atoms with E-state index in [9.17, 15) is 24.4 Å². The summed E-state index contributed by atoms with van der Waals surface area (Å²) in [5, 5.41) is 24.0. The topological polar surface area (TPSA) is 223 Å². The molecule has 5 N–H and O–H groups in total. The van der Waals surface area contributed by atoms with E-state index in [4.69, 9.17) is 23.8 Å². The summed E-state index contributed by atoms with van der Waals surface area (Å²) < 4.78 is 23.5. The number of H-pyrrole nitrogens is 1. The lowest BCUT2D eigenvalue weighted by molar-refractivity contribution is -0.118. The van der Waals surface area contributed by atoms with E-state index in [1.807, 2.05) is 12.1 Å². The van der Waals surface area contributed by atoms with Crippen LogP contribution in [-0.4, -0.2) is 73.0 Å². The van der Waals surface area contributed by atoms with Gasteiger partial charge in [0.05, 0.1) is 32.0 Å². The molecule has 3 aromatic rings. The number of aromatic amines is 1. The lowest BCUT2D eigenvalue weighted by atomic mass is 10.1. The Kier molecular flexibility index (Phi) is 10.5. The Morgan fingerprint density at radius 3 is 2.76 bits per heavy atom. The number of aliphatic hydroxyl groups excluding tert-OH is 1. The highest BCUT2D eigenvalue weighted by molar-refractivity contribution is 7.40. The number of amides is 2. The zero-order valence-corrected chi connectivity index (χ0v) is 23.6. The first-order valence-electron chi connectivity index (χ1n) is 12.9. The van der Waals surface area contributed by atoms with Gasteiger partial charge in [0, 0.05) is 5.92 Å². The summed E-state index contributed by atoms with van der Waals surface area (Å²) in [4.78, 5) is 59.1. The van der Waals surface area contributed by atoms with E-state index in [1.54, 1.807) is 38.1 Å². The van der Waals surface area contributed by atoms with Gasteiger partial charge in [-0.25, -0.2) is 9.78 Å². The van der Waals surface area contributed by atoms with E-state index in [1.165, 1.54) is 10.9 Å². The van der Waals surface area contributed by atoms with Crippen molar-refractivity contribution in [2.75, 3.05) is 18.5 Å². The van der Waals surface area contributed by atoms with Crippen LogP contribution in [0.25, 0.3) is 11.2 Å². The van der Waals surface area contributed by atoms with Gasteiger partial charge < -0.3 is 33.8 Å². The monoisotopic (exact) mass is 603 g/mol. The number of nitrogens with one attached hydrogen (secondary N) is 3. The number of nitrogens with zero attached hydrogens (tertiary/aromatic N) is 4. The zero-order chi connectivity index (χ0) is 30.2. The van der Waals surface area contributed by atoms with Gasteiger partial charge in [-0.3, -0.25) is 24.5 Å². The van der Waals surface area contributed by atoms with Crippen LogP contribution in [0.2, 0.25) is 0 Å². The average Bonchev–Trinajstić information content (AvgIpc) is 3.54. The van der Waals surface area contributed by atoms with E-state index in [-0.39, 0.29) is 42.7 Å². The van der Waals surface area contributed by atoms with Crippen LogP contribution in [0, 0.1) is 17.2 Å². The largest absolute Gasteiger partial charge is 0.445 e. The zero-order valence-electron chi connectivity index (χ0n) is 22.7. The predicted octanol–water partition coefficient (Wildman–Crippen LogP) is 1.43. The molecule has 16 nitrogen and oxygen atoms in total. The molecule has 0 bridgehead atoms. The van der Waals surface area contributed by atoms with E-state index in [0.717, 1.165) is 5.56 Å². The van der Waals surface area contributed by atoms with Crippen molar-refractivity contribution in [1.29, 1.82) is 5.26 Å². The molecule has 1 aromatic carbocycles. The number of ether oxygens (including phenoxy) is 2. The number of aliphatic hydroxyl groups is 1. The highest BCUT2D eigenvalue weighted by atomic mass is 31.2. The van der Waals surface area contributed by atoms with Gasteiger partial charge in [-0.05, 0) is 5.56 Å². The van der Waals surface area contributed by atoms with Crippen LogP contribution in [-0.2, 0) is 29.9 Å². The summed E-state index contributed by atoms with van der Waals surface area (Å²) in [5.74, 6) is -0.909. The molecule has 0 spiro atoms. The molecule has 2 aromatic heterocycles. The van der Waals surface area contributed by atoms with Crippen molar-refractivity contribution in [2.24, 2.45) is 5.92 Å². The van der Waals surface area contributed by atoms with Gasteiger partial charge in [0.25, 0.3) is 5.56 Å². The summed E-state index contributed by atoms with van der Waals surface area (Å²) in [7, 11) is -2.55. The SMILES string of the molecule is CC(C)C(=O)Nc1nc2c(ncn2[C@@H]2O[C@H](CO)[C@@H](OP(O)OCCC#N)[C@H]2NC(=O)OCc2ccccc2)c(=O)[nH]1. The molecule has 1 aliphatic rings. The first-order chi connectivity index (χ1) is 20.2. The van der Waals surface area contributed by atoms with Crippen molar-refractivity contribution >= 4 is 37.7 Å². The summed E-state index contributed by atoms with van der Waals surface area (Å²) in [6, 6.07) is 9.70. The standard InChI is InChI=1S/C25H30N7O9P/c1-14(2)21(34)30-24-29-20-18(22(35)31-24)27-13-32(20)23-17(28-25(36)38-12-15-7-4-3-5-8-15)19(16(11-33)40-23)41-42(37)39-10-6-9-26/h3-5,7-8,13-14,16-17,19,23,33,37H,6,10-12H2,1-2H3,(H,28,36)(H2,29,30,31,34,35)/t16-,17-,19-,23-,42?/m1/s1. The lowest BCUT2D eigenvalue weighted by Gasteiger charge is -2.26. The van der Waals surface area contributed by atoms with Crippen molar-refractivity contribution in [3.8, 4) is 6.07 Å². The fourth-order valence-corrected chi connectivity index (χ4v) is 4.83. The maximum absolute atomic E-state index is 12.9. The molecule has 0 radical (unpaired) electrons. The van der Waals surface area contributed by atoms with Crippen LogP contribution in [0.15, 0.2) is 41.5 Å². The molecular weight excluding hydrogens is 573 g/mol. The third kappa shape index (κ3) is 7.45. The molecule has 1 unspecified atom stereocenters. The number of hydrogen-bond donors (Lipinski definition) is 5. The Labute approximate surface area is 240 Å². The highest BCUT2D eigenvalue weighted by Gasteiger charge is 2.49. The highest BCUT2D eigenvalue weighted by Crippen LogP contribution is 2.42. The lowest BCUT2D eigenvalue weighted by Crippen LogP contribution is -2.47. The Morgan fingerprint density at radius 1 is 1.31 bits per heavy atom. The number of carbonyl (C=O) groups is 2. The van der Waals surface area contributed by atoms with Gasteiger partial charge >= 0.3 is 14.7 Å². The van der Waals surface area contributed by atoms with Crippen LogP contribution in [0.4, 0.5) is 10.7 Å². The van der Waals surface area contributed by atoms with Crippen molar-refractivity contribution in [3.63, 3.8) is 0 Å². The first-order valence-corrected chi connectivity index (χ1v) is 14.0. The molecule has 5 atom stereocenters. The first kappa shape index (κ1) is 31.0. The maximum Gasteiger partial charge on any atom is 0.407 e. The number of aromatic nitrogens is 4. The quantitative estimate of drug-likeness (QED) is 0.146. The van der Waals surface area contributed by atoms with E-state index < -0.39 is 57.3 Å². The minimum Gasteiger partial charge on any atom is -0.445 e. The molecule has 224 valence electrons. The van der Waals surface area contributed by atoms with Crippen molar-refractivity contribution in [3.05, 3.63) is 52.6 Å². The summed E-state index contributed by atoms with van der Waals surface area (Å²) in [6.07, 6.45) is -3.06. The van der Waals surface area contributed by atoms with Crippen LogP contribution in [0.1, 0.15) is 32.1 Å². The van der Waals surface area contributed by atoms with Crippen LogP contribution in [0.5, 0.6) is 0 Å². The average molecular weight is 604 g/mol. The number of alkyl carbamates (subject to hydrolysis) is 1. The Bertz CT molecular complexity index is 1480. The number of benzene rings is 1. The van der Waals surface area contributed by atoms with Gasteiger partial charge in [-0.1, -0.05) is 44.2 Å². The normalized spacial score (nSPS) is 20.8. The molecule has 1 fully saturated rings. The minimum absolute atomic E-state index is 0.000384. The van der Waals surface area contributed by atoms with Crippen LogP contribution < -0.4 is 16.2 Å². The van der Waals surface area contributed by atoms with E-state index in [2.05, 4.69) is 25.6 Å². The van der Waals surface area contributed by atoms with E-state index >= 15 is 0 Å². The number of nitriles is 1. The van der Waals surface area contributed by atoms with Gasteiger partial charge in [0.1, 0.15) is 24.9 Å². The van der Waals surface area contributed by atoms with Crippen molar-refractivity contribution in [2.45, 2.75) is 51.4 Å². The fourth-order valence-electron chi connectivity index (χ4n) is 4.04. The molecule has 17 heteroatoms. The van der Waals surface area contributed by atoms with Gasteiger partial charge in [0.15, 0.2) is 17.4 Å². The number of anilines is 1. The fraction of sp³-hybridized carbons (Fsp3) is 0.440. The molecule has 2 amide bonds. The summed E-state index contributed by atoms with van der Waals surface area (Å²) in [5.41, 5.74) is 0.0124. The third-order valence-corrected chi connectivity index (χ3v) is 6.95. The second-order valence-corrected chi connectivity index (χ2v) is 10.4. The van der Waals surface area contributed by atoms with Crippen molar-refractivity contribution < 1.29 is 38.1 Å². The molecule has 1 aliphatic heterocycles. The smallest absolute Gasteiger partial charge is 0.407 e. The number of carbonyl (C=O) groups excluding carboxylic acids is 2. The van der Waals surface area contributed by atoms with E-state index in [0.29, 0.717) is 0 Å². The maximum atomic E-state index is 12.9. The van der Waals surface area contributed by atoms with Gasteiger partial charge in [0.2, 0.25) is 11.9 Å². The number of hydrogen-bond acceptors (Lipinski definition) is 12. The predicted molar refractivity (Wildman–Crippen MR) is 146 cm³/mol. The Morgan fingerprint density at radius 2 is 2.07 bits per heavy atom. The minimum atomic E-state index is -2.55.